The fourth-order valence-electron chi connectivity index (χ4n) is 1.51. The van der Waals surface area contributed by atoms with E-state index in [0.29, 0.717) is 6.54 Å². The minimum atomic E-state index is -2.71. The maximum absolute atomic E-state index is 10.9. The van der Waals surface area contributed by atoms with Crippen LogP contribution in [0.25, 0.3) is 0 Å². The number of hydrogen-bond donors (Lipinski definition) is 1. The molecule has 0 bridgehead atoms. The highest BCUT2D eigenvalue weighted by Crippen LogP contribution is 2.10. The lowest BCUT2D eigenvalue weighted by Crippen LogP contribution is -2.50. The summed E-state index contributed by atoms with van der Waals surface area (Å²) in [6.45, 7) is 0.689. The van der Waals surface area contributed by atoms with Crippen molar-refractivity contribution < 1.29 is 8.42 Å². The van der Waals surface area contributed by atoms with E-state index in [9.17, 15) is 8.42 Å². The van der Waals surface area contributed by atoms with Gasteiger partial charge < -0.3 is 5.32 Å². The summed E-state index contributed by atoms with van der Waals surface area (Å²) in [5, 5.41) is 7.20. The third-order valence-corrected chi connectivity index (χ3v) is 4.08. The predicted octanol–water partition coefficient (Wildman–Crippen LogP) is -0.693. The molecule has 0 unspecified atom stereocenters. The van der Waals surface area contributed by atoms with E-state index in [0.717, 1.165) is 5.56 Å². The lowest BCUT2D eigenvalue weighted by molar-refractivity contribution is 0.511. The molecule has 0 amide bonds. The molecular formula is C8H13N3O2S. The van der Waals surface area contributed by atoms with E-state index in [1.165, 1.54) is 0 Å². The van der Waals surface area contributed by atoms with E-state index < -0.39 is 9.84 Å². The Kier molecular flexibility index (Phi) is 2.32. The van der Waals surface area contributed by atoms with Crippen LogP contribution in [0.1, 0.15) is 5.56 Å². The summed E-state index contributed by atoms with van der Waals surface area (Å²) < 4.78 is 23.4. The molecule has 0 aromatic carbocycles. The molecule has 0 spiro atoms. The van der Waals surface area contributed by atoms with E-state index in [1.54, 1.807) is 10.9 Å². The zero-order valence-corrected chi connectivity index (χ0v) is 8.79. The fourth-order valence-corrected chi connectivity index (χ4v) is 2.87. The summed E-state index contributed by atoms with van der Waals surface area (Å²) in [6.07, 6.45) is 3.69. The quantitative estimate of drug-likeness (QED) is 0.724. The first kappa shape index (κ1) is 9.67. The number of rotatable bonds is 3. The van der Waals surface area contributed by atoms with Crippen molar-refractivity contribution in [3.8, 4) is 0 Å². The Bertz CT molecular complexity index is 412. The minimum absolute atomic E-state index is 0.125. The summed E-state index contributed by atoms with van der Waals surface area (Å²) in [7, 11) is -0.855. The smallest absolute Gasteiger partial charge is 0.153 e. The van der Waals surface area contributed by atoms with Crippen molar-refractivity contribution in [2.45, 2.75) is 12.6 Å². The van der Waals surface area contributed by atoms with E-state index in [4.69, 9.17) is 0 Å². The molecule has 6 heteroatoms. The Morgan fingerprint density at radius 2 is 2.36 bits per heavy atom. The van der Waals surface area contributed by atoms with Crippen molar-refractivity contribution in [3.63, 3.8) is 0 Å². The molecule has 0 aliphatic carbocycles. The Morgan fingerprint density at radius 1 is 1.64 bits per heavy atom. The molecular weight excluding hydrogens is 202 g/mol. The highest BCUT2D eigenvalue weighted by Gasteiger charge is 2.32. The van der Waals surface area contributed by atoms with Gasteiger partial charge in [-0.1, -0.05) is 0 Å². The van der Waals surface area contributed by atoms with Crippen molar-refractivity contribution in [2.24, 2.45) is 7.05 Å². The molecule has 0 saturated carbocycles. The number of hydrogen-bond acceptors (Lipinski definition) is 4. The molecule has 1 N–H and O–H groups in total. The van der Waals surface area contributed by atoms with Gasteiger partial charge in [0.05, 0.1) is 17.7 Å². The first-order valence-corrected chi connectivity index (χ1v) is 6.29. The van der Waals surface area contributed by atoms with Crippen molar-refractivity contribution in [1.29, 1.82) is 0 Å². The number of aromatic nitrogens is 2. The topological polar surface area (TPSA) is 64.0 Å². The van der Waals surface area contributed by atoms with Crippen LogP contribution in [0, 0.1) is 0 Å². The SMILES string of the molecule is Cn1cc(CNC2CS(=O)(=O)C2)cn1. The zero-order chi connectivity index (χ0) is 10.2. The van der Waals surface area contributed by atoms with Gasteiger partial charge in [0, 0.05) is 31.4 Å². The van der Waals surface area contributed by atoms with Crippen LogP contribution in [0.15, 0.2) is 12.4 Å². The highest BCUT2D eigenvalue weighted by atomic mass is 32.2. The second kappa shape index (κ2) is 3.36. The molecule has 1 aliphatic rings. The first-order chi connectivity index (χ1) is 6.55. The molecule has 1 aliphatic heterocycles. The van der Waals surface area contributed by atoms with Crippen LogP contribution >= 0.6 is 0 Å². The lowest BCUT2D eigenvalue weighted by atomic mass is 10.3. The van der Waals surface area contributed by atoms with E-state index in [-0.39, 0.29) is 17.5 Å². The van der Waals surface area contributed by atoms with Gasteiger partial charge in [-0.25, -0.2) is 8.42 Å². The van der Waals surface area contributed by atoms with Gasteiger partial charge in [0.1, 0.15) is 0 Å². The van der Waals surface area contributed by atoms with E-state index in [1.807, 2.05) is 13.2 Å². The molecule has 1 saturated heterocycles. The second-order valence-electron chi connectivity index (χ2n) is 3.68. The maximum atomic E-state index is 10.9. The van der Waals surface area contributed by atoms with Gasteiger partial charge in [0.25, 0.3) is 0 Å². The molecule has 5 nitrogen and oxygen atoms in total. The van der Waals surface area contributed by atoms with Crippen molar-refractivity contribution in [1.82, 2.24) is 15.1 Å². The van der Waals surface area contributed by atoms with Crippen LogP contribution in [-0.4, -0.2) is 35.7 Å². The molecule has 1 aromatic rings. The Morgan fingerprint density at radius 3 is 2.86 bits per heavy atom. The summed E-state index contributed by atoms with van der Waals surface area (Å²) in [5.41, 5.74) is 1.08. The van der Waals surface area contributed by atoms with Gasteiger partial charge in [0.15, 0.2) is 9.84 Å². The maximum Gasteiger partial charge on any atom is 0.153 e. The van der Waals surface area contributed by atoms with Crippen molar-refractivity contribution >= 4 is 9.84 Å². The third kappa shape index (κ3) is 2.13. The molecule has 0 atom stereocenters. The van der Waals surface area contributed by atoms with Gasteiger partial charge in [0.2, 0.25) is 0 Å². The first-order valence-electron chi connectivity index (χ1n) is 4.46. The van der Waals surface area contributed by atoms with Crippen LogP contribution < -0.4 is 5.32 Å². The monoisotopic (exact) mass is 215 g/mol. The summed E-state index contributed by atoms with van der Waals surface area (Å²) in [5.74, 6) is 0.542. The normalized spacial score (nSPS) is 20.6. The minimum Gasteiger partial charge on any atom is -0.308 e. The van der Waals surface area contributed by atoms with Crippen LogP contribution in [0.2, 0.25) is 0 Å². The van der Waals surface area contributed by atoms with Gasteiger partial charge >= 0.3 is 0 Å². The van der Waals surface area contributed by atoms with Crippen molar-refractivity contribution in [3.05, 3.63) is 18.0 Å². The molecule has 1 aromatic heterocycles. The van der Waals surface area contributed by atoms with Gasteiger partial charge in [-0.3, -0.25) is 4.68 Å². The molecule has 14 heavy (non-hydrogen) atoms. The Labute approximate surface area is 83.0 Å². The number of nitrogens with zero attached hydrogens (tertiary/aromatic N) is 2. The molecule has 0 radical (unpaired) electrons. The highest BCUT2D eigenvalue weighted by molar-refractivity contribution is 7.92. The average Bonchev–Trinajstić information content (AvgIpc) is 2.44. The zero-order valence-electron chi connectivity index (χ0n) is 7.97. The molecule has 78 valence electrons. The van der Waals surface area contributed by atoms with Crippen LogP contribution in [0.4, 0.5) is 0 Å². The molecule has 2 rings (SSSR count). The van der Waals surface area contributed by atoms with Gasteiger partial charge in [-0.15, -0.1) is 0 Å². The van der Waals surface area contributed by atoms with Gasteiger partial charge in [-0.05, 0) is 0 Å². The van der Waals surface area contributed by atoms with E-state index in [2.05, 4.69) is 10.4 Å². The average molecular weight is 215 g/mol. The standard InChI is InChI=1S/C8H13N3O2S/c1-11-4-7(3-10-11)2-9-8-5-14(12,13)6-8/h3-4,8-9H,2,5-6H2,1H3. The second-order valence-corrected chi connectivity index (χ2v) is 5.83. The third-order valence-electron chi connectivity index (χ3n) is 2.26. The largest absolute Gasteiger partial charge is 0.308 e. The molecule has 1 fully saturated rings. The Hall–Kier alpha value is -0.880. The number of nitrogens with one attached hydrogen (secondary N) is 1. The van der Waals surface area contributed by atoms with E-state index >= 15 is 0 Å². The predicted molar refractivity (Wildman–Crippen MR) is 52.5 cm³/mol. The van der Waals surface area contributed by atoms with Crippen LogP contribution in [0.5, 0.6) is 0 Å². The summed E-state index contributed by atoms with van der Waals surface area (Å²) in [4.78, 5) is 0. The summed E-state index contributed by atoms with van der Waals surface area (Å²) in [6, 6.07) is 0.125. The van der Waals surface area contributed by atoms with Crippen molar-refractivity contribution in [2.75, 3.05) is 11.5 Å². The molecule has 2 heterocycles. The number of aryl methyl sites for hydroxylation is 1. The summed E-state index contributed by atoms with van der Waals surface area (Å²) >= 11 is 0. The lowest BCUT2D eigenvalue weighted by Gasteiger charge is -2.26. The van der Waals surface area contributed by atoms with Crippen LogP contribution in [0.3, 0.4) is 0 Å². The number of sulfone groups is 1. The van der Waals surface area contributed by atoms with Gasteiger partial charge in [-0.2, -0.15) is 5.10 Å². The van der Waals surface area contributed by atoms with Crippen LogP contribution in [-0.2, 0) is 23.4 Å². The fraction of sp³-hybridized carbons (Fsp3) is 0.625. The Balaban J connectivity index is 1.79.